The van der Waals surface area contributed by atoms with Gasteiger partial charge in [-0.2, -0.15) is 0 Å². The van der Waals surface area contributed by atoms with Crippen molar-refractivity contribution < 1.29 is 4.92 Å². The van der Waals surface area contributed by atoms with Crippen molar-refractivity contribution in [2.24, 2.45) is 0 Å². The number of nitrogens with zero attached hydrogens (tertiary/aromatic N) is 2. The topological polar surface area (TPSA) is 58.4 Å². The van der Waals surface area contributed by atoms with Crippen molar-refractivity contribution in [2.45, 2.75) is 19.4 Å². The van der Waals surface area contributed by atoms with Gasteiger partial charge in [0.15, 0.2) is 0 Å². The first-order valence-electron chi connectivity index (χ1n) is 6.52. The number of halogens is 1. The highest BCUT2D eigenvalue weighted by Crippen LogP contribution is 2.21. The van der Waals surface area contributed by atoms with Crippen LogP contribution in [0.5, 0.6) is 0 Å². The lowest BCUT2D eigenvalue weighted by Crippen LogP contribution is -2.29. The van der Waals surface area contributed by atoms with Gasteiger partial charge in [0.1, 0.15) is 0 Å². The van der Waals surface area contributed by atoms with E-state index >= 15 is 0 Å². The van der Waals surface area contributed by atoms with E-state index in [9.17, 15) is 10.1 Å². The maximum atomic E-state index is 10.8. The number of rotatable bonds is 6. The minimum Gasteiger partial charge on any atom is -0.311 e. The third-order valence-electron chi connectivity index (χ3n) is 3.29. The first kappa shape index (κ1) is 14.4. The minimum atomic E-state index is -0.363. The molecule has 104 valence electrons. The van der Waals surface area contributed by atoms with Gasteiger partial charge in [-0.15, -0.1) is 0 Å². The number of nitro groups is 1. The summed E-state index contributed by atoms with van der Waals surface area (Å²) in [6.45, 7) is 5.03. The monoisotopic (exact) mass is 327 g/mol. The van der Waals surface area contributed by atoms with E-state index in [1.165, 1.54) is 32.0 Å². The number of hydrogen-bond donors (Lipinski definition) is 1. The fourth-order valence-corrected chi connectivity index (χ4v) is 2.85. The normalized spacial score (nSPS) is 15.8. The summed E-state index contributed by atoms with van der Waals surface area (Å²) in [7, 11) is 0. The van der Waals surface area contributed by atoms with E-state index in [1.807, 2.05) is 6.07 Å². The standard InChI is InChI=1S/C13H18BrN3O2/c14-12-7-11(8-13(9-12)17(18)19)10-15-3-6-16-4-1-2-5-16/h7-9,15H,1-6,10H2. The minimum absolute atomic E-state index is 0.130. The van der Waals surface area contributed by atoms with Crippen LogP contribution in [0.4, 0.5) is 5.69 Å². The molecule has 1 N–H and O–H groups in total. The number of nitrogens with one attached hydrogen (secondary N) is 1. The van der Waals surface area contributed by atoms with Gasteiger partial charge in [0.2, 0.25) is 0 Å². The van der Waals surface area contributed by atoms with Gasteiger partial charge in [0.25, 0.3) is 5.69 Å². The van der Waals surface area contributed by atoms with Gasteiger partial charge in [-0.1, -0.05) is 15.9 Å². The van der Waals surface area contributed by atoms with Crippen molar-refractivity contribution >= 4 is 21.6 Å². The molecule has 1 saturated heterocycles. The van der Waals surface area contributed by atoms with Crippen molar-refractivity contribution in [3.8, 4) is 0 Å². The maximum Gasteiger partial charge on any atom is 0.270 e. The molecule has 1 aliphatic heterocycles. The van der Waals surface area contributed by atoms with Crippen LogP contribution >= 0.6 is 15.9 Å². The Morgan fingerprint density at radius 3 is 2.74 bits per heavy atom. The van der Waals surface area contributed by atoms with Crippen LogP contribution in [0.3, 0.4) is 0 Å². The van der Waals surface area contributed by atoms with Crippen LogP contribution in [0.25, 0.3) is 0 Å². The van der Waals surface area contributed by atoms with E-state index < -0.39 is 0 Å². The Bertz CT molecular complexity index is 448. The molecule has 0 radical (unpaired) electrons. The summed E-state index contributed by atoms with van der Waals surface area (Å²) >= 11 is 3.30. The van der Waals surface area contributed by atoms with E-state index in [0.29, 0.717) is 6.54 Å². The van der Waals surface area contributed by atoms with Crippen LogP contribution < -0.4 is 5.32 Å². The Morgan fingerprint density at radius 1 is 1.32 bits per heavy atom. The lowest BCUT2D eigenvalue weighted by molar-refractivity contribution is -0.385. The molecule has 0 amide bonds. The molecule has 0 aromatic heterocycles. The second kappa shape index (κ2) is 6.98. The van der Waals surface area contributed by atoms with Gasteiger partial charge >= 0.3 is 0 Å². The molecule has 19 heavy (non-hydrogen) atoms. The second-order valence-electron chi connectivity index (χ2n) is 4.80. The molecule has 1 aromatic carbocycles. The van der Waals surface area contributed by atoms with E-state index in [1.54, 1.807) is 6.07 Å². The summed E-state index contributed by atoms with van der Waals surface area (Å²) < 4.78 is 0.748. The van der Waals surface area contributed by atoms with Crippen LogP contribution in [0, 0.1) is 10.1 Å². The maximum absolute atomic E-state index is 10.8. The zero-order valence-electron chi connectivity index (χ0n) is 10.8. The van der Waals surface area contributed by atoms with Crippen molar-refractivity contribution in [3.05, 3.63) is 38.3 Å². The molecule has 0 aliphatic carbocycles. The van der Waals surface area contributed by atoms with E-state index in [-0.39, 0.29) is 10.6 Å². The molecule has 0 spiro atoms. The van der Waals surface area contributed by atoms with Gasteiger partial charge in [0.05, 0.1) is 4.92 Å². The Kier molecular flexibility index (Phi) is 5.30. The van der Waals surface area contributed by atoms with Crippen LogP contribution in [-0.4, -0.2) is 36.0 Å². The van der Waals surface area contributed by atoms with E-state index in [2.05, 4.69) is 26.1 Å². The highest BCUT2D eigenvalue weighted by molar-refractivity contribution is 9.10. The highest BCUT2D eigenvalue weighted by Gasteiger charge is 2.11. The summed E-state index contributed by atoms with van der Waals surface area (Å²) in [5.74, 6) is 0. The molecule has 1 heterocycles. The fraction of sp³-hybridized carbons (Fsp3) is 0.538. The zero-order valence-corrected chi connectivity index (χ0v) is 12.4. The summed E-state index contributed by atoms with van der Waals surface area (Å²) in [6.07, 6.45) is 2.61. The lowest BCUT2D eigenvalue weighted by Gasteiger charge is -2.14. The number of hydrogen-bond acceptors (Lipinski definition) is 4. The van der Waals surface area contributed by atoms with Crippen LogP contribution in [0.2, 0.25) is 0 Å². The Balaban J connectivity index is 1.80. The lowest BCUT2D eigenvalue weighted by atomic mass is 10.2. The van der Waals surface area contributed by atoms with Crippen molar-refractivity contribution in [3.63, 3.8) is 0 Å². The molecule has 6 heteroatoms. The molecule has 5 nitrogen and oxygen atoms in total. The second-order valence-corrected chi connectivity index (χ2v) is 5.72. The molecule has 1 aromatic rings. The third kappa shape index (κ3) is 4.56. The third-order valence-corrected chi connectivity index (χ3v) is 3.74. The molecular formula is C13H18BrN3O2. The Hall–Kier alpha value is -0.980. The number of likely N-dealkylation sites (tertiary alicyclic amines) is 1. The van der Waals surface area contributed by atoms with Crippen molar-refractivity contribution in [2.75, 3.05) is 26.2 Å². The average molecular weight is 328 g/mol. The van der Waals surface area contributed by atoms with Crippen LogP contribution in [-0.2, 0) is 6.54 Å². The quantitative estimate of drug-likeness (QED) is 0.495. The summed E-state index contributed by atoms with van der Waals surface area (Å²) in [6, 6.07) is 5.05. The SMILES string of the molecule is O=[N+]([O-])c1cc(Br)cc(CNCCN2CCCC2)c1. The molecule has 0 atom stereocenters. The van der Waals surface area contributed by atoms with E-state index in [0.717, 1.165) is 23.1 Å². The summed E-state index contributed by atoms with van der Waals surface area (Å²) in [5, 5.41) is 14.1. The molecule has 2 rings (SSSR count). The summed E-state index contributed by atoms with van der Waals surface area (Å²) in [4.78, 5) is 12.8. The largest absolute Gasteiger partial charge is 0.311 e. The van der Waals surface area contributed by atoms with Gasteiger partial charge in [-0.25, -0.2) is 0 Å². The zero-order chi connectivity index (χ0) is 13.7. The number of benzene rings is 1. The van der Waals surface area contributed by atoms with Crippen molar-refractivity contribution in [1.29, 1.82) is 0 Å². The predicted molar refractivity (Wildman–Crippen MR) is 78.2 cm³/mol. The Labute approximate surface area is 121 Å². The Morgan fingerprint density at radius 2 is 2.05 bits per heavy atom. The molecule has 0 saturated carbocycles. The first-order chi connectivity index (χ1) is 9.15. The molecule has 0 unspecified atom stereocenters. The van der Waals surface area contributed by atoms with Crippen LogP contribution in [0.15, 0.2) is 22.7 Å². The predicted octanol–water partition coefficient (Wildman–Crippen LogP) is 2.54. The number of nitro benzene ring substituents is 1. The molecular weight excluding hydrogens is 310 g/mol. The fourth-order valence-electron chi connectivity index (χ4n) is 2.32. The van der Waals surface area contributed by atoms with Crippen LogP contribution in [0.1, 0.15) is 18.4 Å². The van der Waals surface area contributed by atoms with Crippen molar-refractivity contribution in [1.82, 2.24) is 10.2 Å². The number of non-ortho nitro benzene ring substituents is 1. The van der Waals surface area contributed by atoms with Gasteiger partial charge in [-0.05, 0) is 37.6 Å². The first-order valence-corrected chi connectivity index (χ1v) is 7.31. The molecule has 0 bridgehead atoms. The molecule has 1 fully saturated rings. The van der Waals surface area contributed by atoms with Gasteiger partial charge in [-0.3, -0.25) is 10.1 Å². The molecule has 1 aliphatic rings. The smallest absolute Gasteiger partial charge is 0.270 e. The average Bonchev–Trinajstić information content (AvgIpc) is 2.87. The highest BCUT2D eigenvalue weighted by atomic mass is 79.9. The van der Waals surface area contributed by atoms with Gasteiger partial charge < -0.3 is 10.2 Å². The van der Waals surface area contributed by atoms with Gasteiger partial charge in [0, 0.05) is 36.2 Å². The summed E-state index contributed by atoms with van der Waals surface area (Å²) in [5.41, 5.74) is 1.06. The van der Waals surface area contributed by atoms with E-state index in [4.69, 9.17) is 0 Å².